The van der Waals surface area contributed by atoms with Crippen LogP contribution >= 0.6 is 0 Å². The molecule has 1 amide bonds. The molecule has 3 atom stereocenters. The van der Waals surface area contributed by atoms with Crippen molar-refractivity contribution in [3.63, 3.8) is 0 Å². The van der Waals surface area contributed by atoms with E-state index in [-0.39, 0.29) is 18.5 Å². The van der Waals surface area contributed by atoms with Crippen molar-refractivity contribution in [1.82, 2.24) is 15.1 Å². The second-order valence-electron chi connectivity index (χ2n) is 7.89. The predicted molar refractivity (Wildman–Crippen MR) is 105 cm³/mol. The zero-order chi connectivity index (χ0) is 19.1. The van der Waals surface area contributed by atoms with Gasteiger partial charge in [-0.2, -0.15) is 5.10 Å². The number of fused-ring (bicyclic) bond motifs is 3. The molecule has 6 nitrogen and oxygen atoms in total. The molecule has 1 N–H and O–H groups in total. The Balaban J connectivity index is 1.66. The number of hydrogen-bond acceptors (Lipinski definition) is 4. The van der Waals surface area contributed by atoms with Crippen molar-refractivity contribution in [2.24, 2.45) is 11.8 Å². The lowest BCUT2D eigenvalue weighted by Gasteiger charge is -2.34. The highest BCUT2D eigenvalue weighted by Crippen LogP contribution is 2.29. The Morgan fingerprint density at radius 3 is 2.93 bits per heavy atom. The number of benzene rings is 1. The summed E-state index contributed by atoms with van der Waals surface area (Å²) >= 11 is 0. The molecule has 0 aliphatic heterocycles. The fraction of sp³-hybridized carbons (Fsp3) is 0.476. The van der Waals surface area contributed by atoms with Crippen LogP contribution < -0.4 is 10.9 Å². The van der Waals surface area contributed by atoms with E-state index in [0.717, 1.165) is 23.8 Å². The maximum atomic E-state index is 12.7. The van der Waals surface area contributed by atoms with Crippen molar-refractivity contribution < 1.29 is 9.21 Å². The third-order valence-electron chi connectivity index (χ3n) is 6.00. The molecule has 0 spiro atoms. The maximum absolute atomic E-state index is 12.7. The largest absolute Gasteiger partial charge is 0.422 e. The standard InChI is InChI=1S/C21H25N3O3/c1-12-7-8-18-15(9-12)20-16(21(26)27-18)10-22-24(20)11-19(25)23-17-6-4-5-13(2)14(17)3/h7-10,13-14,17H,4-6,11H2,1-3H3,(H,23,25)/t13-,14-,17-/m1/s1. The van der Waals surface area contributed by atoms with E-state index in [2.05, 4.69) is 24.3 Å². The molecule has 4 rings (SSSR count). The van der Waals surface area contributed by atoms with Crippen molar-refractivity contribution in [3.8, 4) is 0 Å². The van der Waals surface area contributed by atoms with E-state index in [1.807, 2.05) is 19.1 Å². The number of aryl methyl sites for hydroxylation is 1. The number of amides is 1. The molecule has 1 aliphatic carbocycles. The first kappa shape index (κ1) is 17.8. The predicted octanol–water partition coefficient (Wildman–Crippen LogP) is 3.39. The van der Waals surface area contributed by atoms with Crippen LogP contribution in [0.15, 0.2) is 33.6 Å². The Hall–Kier alpha value is -2.63. The summed E-state index contributed by atoms with van der Waals surface area (Å²) in [6, 6.07) is 5.85. The van der Waals surface area contributed by atoms with Gasteiger partial charge in [0.1, 0.15) is 17.5 Å². The number of nitrogens with one attached hydrogen (secondary N) is 1. The number of carbonyl (C=O) groups excluding carboxylic acids is 1. The monoisotopic (exact) mass is 367 g/mol. The number of rotatable bonds is 3. The zero-order valence-electron chi connectivity index (χ0n) is 16.0. The molecule has 1 fully saturated rings. The molecule has 1 aromatic carbocycles. The van der Waals surface area contributed by atoms with Crippen LogP contribution in [0.3, 0.4) is 0 Å². The molecule has 2 heterocycles. The summed E-state index contributed by atoms with van der Waals surface area (Å²) in [4.78, 5) is 24.9. The van der Waals surface area contributed by atoms with Crippen molar-refractivity contribution in [2.75, 3.05) is 0 Å². The van der Waals surface area contributed by atoms with Gasteiger partial charge in [0.05, 0.1) is 11.7 Å². The van der Waals surface area contributed by atoms with E-state index in [1.54, 1.807) is 10.7 Å². The van der Waals surface area contributed by atoms with Crippen molar-refractivity contribution in [2.45, 2.75) is 52.6 Å². The number of carbonyl (C=O) groups is 1. The van der Waals surface area contributed by atoms with Crippen LogP contribution in [0.5, 0.6) is 0 Å². The van der Waals surface area contributed by atoms with Gasteiger partial charge in [-0.05, 0) is 37.3 Å². The molecular formula is C21H25N3O3. The van der Waals surface area contributed by atoms with Crippen LogP contribution in [0.2, 0.25) is 0 Å². The maximum Gasteiger partial charge on any atom is 0.347 e. The lowest BCUT2D eigenvalue weighted by atomic mass is 9.78. The SMILES string of the molecule is Cc1ccc2oc(=O)c3cnn(CC(=O)N[C@@H]4CCC[C@@H](C)[C@H]4C)c3c2c1. The first-order chi connectivity index (χ1) is 12.9. The van der Waals surface area contributed by atoms with Gasteiger partial charge in [-0.15, -0.1) is 0 Å². The Labute approximate surface area is 157 Å². The first-order valence-electron chi connectivity index (χ1n) is 9.62. The van der Waals surface area contributed by atoms with Crippen molar-refractivity contribution in [3.05, 3.63) is 40.4 Å². The second-order valence-corrected chi connectivity index (χ2v) is 7.89. The third-order valence-corrected chi connectivity index (χ3v) is 6.00. The van der Waals surface area contributed by atoms with Gasteiger partial charge >= 0.3 is 5.63 Å². The smallest absolute Gasteiger partial charge is 0.347 e. The van der Waals surface area contributed by atoms with Gasteiger partial charge < -0.3 is 9.73 Å². The van der Waals surface area contributed by atoms with E-state index >= 15 is 0 Å². The molecule has 0 unspecified atom stereocenters. The summed E-state index contributed by atoms with van der Waals surface area (Å²) in [7, 11) is 0. The summed E-state index contributed by atoms with van der Waals surface area (Å²) in [5.41, 5.74) is 1.79. The van der Waals surface area contributed by atoms with Crippen LogP contribution in [-0.4, -0.2) is 21.7 Å². The van der Waals surface area contributed by atoms with E-state index in [9.17, 15) is 9.59 Å². The minimum Gasteiger partial charge on any atom is -0.422 e. The van der Waals surface area contributed by atoms with Gasteiger partial charge in [0, 0.05) is 11.4 Å². The molecule has 1 saturated carbocycles. The molecule has 1 aliphatic rings. The minimum atomic E-state index is -0.428. The molecule has 3 aromatic rings. The summed E-state index contributed by atoms with van der Waals surface area (Å²) in [6.45, 7) is 6.53. The van der Waals surface area contributed by atoms with Crippen LogP contribution in [0.1, 0.15) is 38.7 Å². The Morgan fingerprint density at radius 2 is 2.11 bits per heavy atom. The van der Waals surface area contributed by atoms with Gasteiger partial charge in [-0.25, -0.2) is 4.79 Å². The Morgan fingerprint density at radius 1 is 1.30 bits per heavy atom. The average molecular weight is 367 g/mol. The fourth-order valence-corrected chi connectivity index (χ4v) is 4.19. The van der Waals surface area contributed by atoms with Crippen LogP contribution in [0.4, 0.5) is 0 Å². The summed E-state index contributed by atoms with van der Waals surface area (Å²) < 4.78 is 7.00. The summed E-state index contributed by atoms with van der Waals surface area (Å²) in [5.74, 6) is 1.01. The minimum absolute atomic E-state index is 0.0695. The summed E-state index contributed by atoms with van der Waals surface area (Å²) in [5, 5.41) is 8.68. The first-order valence-corrected chi connectivity index (χ1v) is 9.62. The van der Waals surface area contributed by atoms with Gasteiger partial charge in [0.15, 0.2) is 0 Å². The summed E-state index contributed by atoms with van der Waals surface area (Å²) in [6.07, 6.45) is 4.87. The van der Waals surface area contributed by atoms with Crippen LogP contribution in [0.25, 0.3) is 21.9 Å². The second kappa shape index (κ2) is 6.83. The van der Waals surface area contributed by atoms with E-state index < -0.39 is 5.63 Å². The molecule has 2 aromatic heterocycles. The third kappa shape index (κ3) is 3.24. The Bertz CT molecular complexity index is 1070. The lowest BCUT2D eigenvalue weighted by Crippen LogP contribution is -2.44. The number of aromatic nitrogens is 2. The van der Waals surface area contributed by atoms with E-state index in [1.165, 1.54) is 12.6 Å². The average Bonchev–Trinajstić information content (AvgIpc) is 3.04. The number of nitrogens with zero attached hydrogens (tertiary/aromatic N) is 2. The van der Waals surface area contributed by atoms with E-state index in [4.69, 9.17) is 4.42 Å². The van der Waals surface area contributed by atoms with Gasteiger partial charge in [0.25, 0.3) is 0 Å². The normalized spacial score (nSPS) is 23.0. The highest BCUT2D eigenvalue weighted by molar-refractivity contribution is 6.02. The van der Waals surface area contributed by atoms with E-state index in [0.29, 0.717) is 28.3 Å². The molecular weight excluding hydrogens is 342 g/mol. The van der Waals surface area contributed by atoms with Crippen LogP contribution in [-0.2, 0) is 11.3 Å². The fourth-order valence-electron chi connectivity index (χ4n) is 4.19. The van der Waals surface area contributed by atoms with Crippen molar-refractivity contribution >= 4 is 27.8 Å². The highest BCUT2D eigenvalue weighted by atomic mass is 16.4. The molecule has 142 valence electrons. The van der Waals surface area contributed by atoms with Gasteiger partial charge in [0.2, 0.25) is 5.91 Å². The lowest BCUT2D eigenvalue weighted by molar-refractivity contribution is -0.123. The molecule has 0 bridgehead atoms. The number of hydrogen-bond donors (Lipinski definition) is 1. The van der Waals surface area contributed by atoms with Gasteiger partial charge in [-0.1, -0.05) is 38.3 Å². The van der Waals surface area contributed by atoms with Gasteiger partial charge in [-0.3, -0.25) is 9.48 Å². The van der Waals surface area contributed by atoms with Crippen LogP contribution in [0, 0.1) is 18.8 Å². The van der Waals surface area contributed by atoms with Crippen molar-refractivity contribution in [1.29, 1.82) is 0 Å². The topological polar surface area (TPSA) is 77.1 Å². The molecule has 0 radical (unpaired) electrons. The highest BCUT2D eigenvalue weighted by Gasteiger charge is 2.28. The zero-order valence-corrected chi connectivity index (χ0v) is 16.0. The quantitative estimate of drug-likeness (QED) is 0.720. The molecule has 0 saturated heterocycles. The molecule has 6 heteroatoms. The molecule has 27 heavy (non-hydrogen) atoms. The Kier molecular flexibility index (Phi) is 4.50.